The predicted molar refractivity (Wildman–Crippen MR) is 46.3 cm³/mol. The van der Waals surface area contributed by atoms with E-state index >= 15 is 0 Å². The second kappa shape index (κ2) is 5.69. The Labute approximate surface area is 64.4 Å². The van der Waals surface area contributed by atoms with E-state index in [1.54, 1.807) is 0 Å². The van der Waals surface area contributed by atoms with Crippen molar-refractivity contribution in [1.29, 1.82) is 0 Å². The van der Waals surface area contributed by atoms with E-state index < -0.39 is 0 Å². The van der Waals surface area contributed by atoms with E-state index in [4.69, 9.17) is 0 Å². The summed E-state index contributed by atoms with van der Waals surface area (Å²) in [6.45, 7) is 7.67. The topological polar surface area (TPSA) is 24.1 Å². The SMILES string of the molecule is CNCCC(C)NC(C)C. The van der Waals surface area contributed by atoms with Gasteiger partial charge in [0.05, 0.1) is 0 Å². The Morgan fingerprint density at radius 3 is 2.20 bits per heavy atom. The molecular formula is C8H20N2. The maximum Gasteiger partial charge on any atom is 0.00531 e. The highest BCUT2D eigenvalue weighted by molar-refractivity contribution is 4.63. The van der Waals surface area contributed by atoms with Crippen LogP contribution in [0.2, 0.25) is 0 Å². The van der Waals surface area contributed by atoms with Crippen LogP contribution < -0.4 is 10.6 Å². The first-order chi connectivity index (χ1) is 4.66. The van der Waals surface area contributed by atoms with Gasteiger partial charge in [-0.05, 0) is 26.9 Å². The molecule has 0 spiro atoms. The van der Waals surface area contributed by atoms with E-state index in [1.165, 1.54) is 6.42 Å². The monoisotopic (exact) mass is 144 g/mol. The summed E-state index contributed by atoms with van der Waals surface area (Å²) < 4.78 is 0. The first-order valence-electron chi connectivity index (χ1n) is 4.07. The first kappa shape index (κ1) is 9.92. The summed E-state index contributed by atoms with van der Waals surface area (Å²) in [5, 5.41) is 6.57. The summed E-state index contributed by atoms with van der Waals surface area (Å²) in [7, 11) is 1.99. The number of rotatable bonds is 5. The molecule has 0 aliphatic carbocycles. The third kappa shape index (κ3) is 6.05. The average molecular weight is 144 g/mol. The molecule has 0 aromatic heterocycles. The lowest BCUT2D eigenvalue weighted by Crippen LogP contribution is -2.34. The van der Waals surface area contributed by atoms with Crippen LogP contribution in [-0.4, -0.2) is 25.7 Å². The maximum atomic E-state index is 3.44. The lowest BCUT2D eigenvalue weighted by Gasteiger charge is -2.15. The summed E-state index contributed by atoms with van der Waals surface area (Å²) in [6, 6.07) is 1.24. The van der Waals surface area contributed by atoms with E-state index in [9.17, 15) is 0 Å². The van der Waals surface area contributed by atoms with Gasteiger partial charge in [0, 0.05) is 12.1 Å². The van der Waals surface area contributed by atoms with Gasteiger partial charge in [-0.15, -0.1) is 0 Å². The van der Waals surface area contributed by atoms with Crippen molar-refractivity contribution >= 4 is 0 Å². The van der Waals surface area contributed by atoms with E-state index in [-0.39, 0.29) is 0 Å². The van der Waals surface area contributed by atoms with Crippen LogP contribution in [0, 0.1) is 0 Å². The van der Waals surface area contributed by atoms with Gasteiger partial charge in [-0.25, -0.2) is 0 Å². The molecule has 0 aromatic rings. The van der Waals surface area contributed by atoms with E-state index in [2.05, 4.69) is 31.4 Å². The first-order valence-corrected chi connectivity index (χ1v) is 4.07. The highest BCUT2D eigenvalue weighted by atomic mass is 14.9. The summed E-state index contributed by atoms with van der Waals surface area (Å²) in [6.07, 6.45) is 1.20. The minimum atomic E-state index is 0.604. The molecule has 1 unspecified atom stereocenters. The molecule has 0 saturated heterocycles. The Hall–Kier alpha value is -0.0800. The minimum absolute atomic E-state index is 0.604. The summed E-state index contributed by atoms with van der Waals surface area (Å²) in [5.74, 6) is 0. The van der Waals surface area contributed by atoms with E-state index in [0.29, 0.717) is 12.1 Å². The van der Waals surface area contributed by atoms with Gasteiger partial charge in [0.2, 0.25) is 0 Å². The summed E-state index contributed by atoms with van der Waals surface area (Å²) in [5.41, 5.74) is 0. The molecule has 0 aliphatic rings. The fraction of sp³-hybridized carbons (Fsp3) is 1.00. The molecule has 10 heavy (non-hydrogen) atoms. The van der Waals surface area contributed by atoms with Crippen LogP contribution in [0.4, 0.5) is 0 Å². The summed E-state index contributed by atoms with van der Waals surface area (Å²) in [4.78, 5) is 0. The van der Waals surface area contributed by atoms with Gasteiger partial charge in [0.15, 0.2) is 0 Å². The van der Waals surface area contributed by atoms with Gasteiger partial charge in [-0.2, -0.15) is 0 Å². The van der Waals surface area contributed by atoms with Crippen molar-refractivity contribution in [2.24, 2.45) is 0 Å². The predicted octanol–water partition coefficient (Wildman–Crippen LogP) is 0.982. The molecule has 0 rings (SSSR count). The lowest BCUT2D eigenvalue weighted by atomic mass is 10.2. The molecule has 0 aromatic carbocycles. The zero-order chi connectivity index (χ0) is 7.98. The van der Waals surface area contributed by atoms with Gasteiger partial charge in [0.1, 0.15) is 0 Å². The fourth-order valence-electron chi connectivity index (χ4n) is 1.01. The van der Waals surface area contributed by atoms with Crippen molar-refractivity contribution in [3.8, 4) is 0 Å². The third-order valence-corrected chi connectivity index (χ3v) is 1.45. The van der Waals surface area contributed by atoms with Crippen LogP contribution in [0.3, 0.4) is 0 Å². The van der Waals surface area contributed by atoms with Crippen LogP contribution in [0.5, 0.6) is 0 Å². The zero-order valence-corrected chi connectivity index (χ0v) is 7.57. The molecule has 62 valence electrons. The molecule has 2 heteroatoms. The van der Waals surface area contributed by atoms with Crippen molar-refractivity contribution in [1.82, 2.24) is 10.6 Å². The standard InChI is InChI=1S/C8H20N2/c1-7(2)10-8(3)5-6-9-4/h7-10H,5-6H2,1-4H3. The van der Waals surface area contributed by atoms with Crippen LogP contribution in [0.15, 0.2) is 0 Å². The fourth-order valence-corrected chi connectivity index (χ4v) is 1.01. The van der Waals surface area contributed by atoms with E-state index in [1.807, 2.05) is 7.05 Å². The van der Waals surface area contributed by atoms with Crippen LogP contribution >= 0.6 is 0 Å². The Kier molecular flexibility index (Phi) is 5.64. The largest absolute Gasteiger partial charge is 0.320 e. The second-order valence-corrected chi connectivity index (χ2v) is 3.11. The van der Waals surface area contributed by atoms with Crippen LogP contribution in [0.25, 0.3) is 0 Å². The van der Waals surface area contributed by atoms with Crippen LogP contribution in [-0.2, 0) is 0 Å². The average Bonchev–Trinajstić information content (AvgIpc) is 1.82. The molecule has 0 radical (unpaired) electrons. The molecule has 0 amide bonds. The third-order valence-electron chi connectivity index (χ3n) is 1.45. The number of hydrogen-bond acceptors (Lipinski definition) is 2. The van der Waals surface area contributed by atoms with Gasteiger partial charge in [-0.3, -0.25) is 0 Å². The van der Waals surface area contributed by atoms with Crippen molar-refractivity contribution in [2.45, 2.75) is 39.3 Å². The van der Waals surface area contributed by atoms with Gasteiger partial charge < -0.3 is 10.6 Å². The molecule has 2 N–H and O–H groups in total. The van der Waals surface area contributed by atoms with Crippen molar-refractivity contribution in [2.75, 3.05) is 13.6 Å². The zero-order valence-electron chi connectivity index (χ0n) is 7.57. The molecular weight excluding hydrogens is 124 g/mol. The quantitative estimate of drug-likeness (QED) is 0.601. The normalized spacial score (nSPS) is 14.1. The molecule has 0 saturated carbocycles. The molecule has 1 atom stereocenters. The smallest absolute Gasteiger partial charge is 0.00531 e. The van der Waals surface area contributed by atoms with Crippen molar-refractivity contribution in [3.05, 3.63) is 0 Å². The highest BCUT2D eigenvalue weighted by Crippen LogP contribution is 1.90. The van der Waals surface area contributed by atoms with Gasteiger partial charge in [-0.1, -0.05) is 13.8 Å². The van der Waals surface area contributed by atoms with Gasteiger partial charge in [0.25, 0.3) is 0 Å². The minimum Gasteiger partial charge on any atom is -0.320 e. The van der Waals surface area contributed by atoms with Crippen molar-refractivity contribution in [3.63, 3.8) is 0 Å². The molecule has 0 aliphatic heterocycles. The lowest BCUT2D eigenvalue weighted by molar-refractivity contribution is 0.459. The van der Waals surface area contributed by atoms with Gasteiger partial charge >= 0.3 is 0 Å². The number of nitrogens with one attached hydrogen (secondary N) is 2. The number of hydrogen-bond donors (Lipinski definition) is 2. The highest BCUT2D eigenvalue weighted by Gasteiger charge is 2.00. The van der Waals surface area contributed by atoms with Crippen LogP contribution in [0.1, 0.15) is 27.2 Å². The Bertz CT molecular complexity index is 71.7. The molecule has 2 nitrogen and oxygen atoms in total. The maximum absolute atomic E-state index is 3.44. The van der Waals surface area contributed by atoms with E-state index in [0.717, 1.165) is 6.54 Å². The Morgan fingerprint density at radius 2 is 1.80 bits per heavy atom. The van der Waals surface area contributed by atoms with Crippen molar-refractivity contribution < 1.29 is 0 Å². The molecule has 0 heterocycles. The molecule has 0 fully saturated rings. The Morgan fingerprint density at radius 1 is 1.20 bits per heavy atom. The summed E-state index contributed by atoms with van der Waals surface area (Å²) >= 11 is 0. The Balaban J connectivity index is 3.16. The second-order valence-electron chi connectivity index (χ2n) is 3.11. The molecule has 0 bridgehead atoms.